The quantitative estimate of drug-likeness (QED) is 0.631. The number of methoxy groups -OCH3 is 1. The molecule has 20 heavy (non-hydrogen) atoms. The zero-order chi connectivity index (χ0) is 14.6. The van der Waals surface area contributed by atoms with Crippen molar-refractivity contribution < 1.29 is 9.47 Å². The van der Waals surface area contributed by atoms with Crippen LogP contribution in [0.2, 0.25) is 0 Å². The summed E-state index contributed by atoms with van der Waals surface area (Å²) in [6.45, 7) is 8.53. The van der Waals surface area contributed by atoms with E-state index in [1.54, 1.807) is 7.11 Å². The standard InChI is InChI=1S/C17H29NO2/c1-4-20-11-6-9-17(14-18-10-12-19-3)16-8-5-7-15(2)13-16/h5,7-8,13,17-18H,4,6,9-12,14H2,1-3H3. The average molecular weight is 279 g/mol. The zero-order valence-electron chi connectivity index (χ0n) is 13.2. The van der Waals surface area contributed by atoms with Gasteiger partial charge in [-0.3, -0.25) is 0 Å². The van der Waals surface area contributed by atoms with Crippen LogP contribution >= 0.6 is 0 Å². The Morgan fingerprint density at radius 2 is 2.10 bits per heavy atom. The summed E-state index contributed by atoms with van der Waals surface area (Å²) in [7, 11) is 1.74. The predicted octanol–water partition coefficient (Wildman–Crippen LogP) is 3.13. The minimum absolute atomic E-state index is 0.548. The van der Waals surface area contributed by atoms with Crippen LogP contribution in [-0.4, -0.2) is 40.0 Å². The molecule has 0 radical (unpaired) electrons. The van der Waals surface area contributed by atoms with Crippen LogP contribution in [-0.2, 0) is 9.47 Å². The third kappa shape index (κ3) is 7.04. The Morgan fingerprint density at radius 3 is 2.80 bits per heavy atom. The van der Waals surface area contributed by atoms with Crippen LogP contribution in [0.3, 0.4) is 0 Å². The van der Waals surface area contributed by atoms with E-state index in [-0.39, 0.29) is 0 Å². The maximum absolute atomic E-state index is 5.45. The van der Waals surface area contributed by atoms with Crippen molar-refractivity contribution in [1.29, 1.82) is 0 Å². The molecule has 0 aliphatic rings. The summed E-state index contributed by atoms with van der Waals surface area (Å²) < 4.78 is 10.5. The van der Waals surface area contributed by atoms with Gasteiger partial charge in [0.2, 0.25) is 0 Å². The van der Waals surface area contributed by atoms with E-state index >= 15 is 0 Å². The van der Waals surface area contributed by atoms with E-state index < -0.39 is 0 Å². The highest BCUT2D eigenvalue weighted by atomic mass is 16.5. The van der Waals surface area contributed by atoms with Gasteiger partial charge in [-0.2, -0.15) is 0 Å². The van der Waals surface area contributed by atoms with Crippen molar-refractivity contribution >= 4 is 0 Å². The summed E-state index contributed by atoms with van der Waals surface area (Å²) in [4.78, 5) is 0. The van der Waals surface area contributed by atoms with Crippen molar-refractivity contribution in [2.75, 3.05) is 40.0 Å². The smallest absolute Gasteiger partial charge is 0.0587 e. The predicted molar refractivity (Wildman–Crippen MR) is 84.4 cm³/mol. The molecule has 1 unspecified atom stereocenters. The maximum Gasteiger partial charge on any atom is 0.0587 e. The molecular weight excluding hydrogens is 250 g/mol. The molecule has 3 nitrogen and oxygen atoms in total. The Kier molecular flexibility index (Phi) is 9.29. The van der Waals surface area contributed by atoms with E-state index in [0.717, 1.165) is 45.8 Å². The molecular formula is C17H29NO2. The minimum Gasteiger partial charge on any atom is -0.383 e. The summed E-state index contributed by atoms with van der Waals surface area (Å²) in [6, 6.07) is 8.83. The number of rotatable bonds is 11. The van der Waals surface area contributed by atoms with E-state index in [9.17, 15) is 0 Å². The van der Waals surface area contributed by atoms with Gasteiger partial charge in [0.25, 0.3) is 0 Å². The number of aryl methyl sites for hydroxylation is 1. The molecule has 1 N–H and O–H groups in total. The average Bonchev–Trinajstić information content (AvgIpc) is 2.45. The second-order valence-corrected chi connectivity index (χ2v) is 5.15. The van der Waals surface area contributed by atoms with E-state index in [2.05, 4.69) is 36.5 Å². The number of hydrogen-bond acceptors (Lipinski definition) is 3. The number of benzene rings is 1. The van der Waals surface area contributed by atoms with Crippen molar-refractivity contribution in [3.63, 3.8) is 0 Å². The van der Waals surface area contributed by atoms with Gasteiger partial charge in [0.15, 0.2) is 0 Å². The SMILES string of the molecule is CCOCCCC(CNCCOC)c1cccc(C)c1. The van der Waals surface area contributed by atoms with E-state index in [1.165, 1.54) is 11.1 Å². The molecule has 0 heterocycles. The normalized spacial score (nSPS) is 12.6. The summed E-state index contributed by atoms with van der Waals surface area (Å²) in [5.74, 6) is 0.548. The van der Waals surface area contributed by atoms with E-state index in [0.29, 0.717) is 5.92 Å². The van der Waals surface area contributed by atoms with Crippen LogP contribution in [0.25, 0.3) is 0 Å². The lowest BCUT2D eigenvalue weighted by Gasteiger charge is -2.19. The third-order valence-electron chi connectivity index (χ3n) is 3.43. The Labute approximate surface area is 123 Å². The maximum atomic E-state index is 5.45. The third-order valence-corrected chi connectivity index (χ3v) is 3.43. The fourth-order valence-electron chi connectivity index (χ4n) is 2.34. The number of hydrogen-bond donors (Lipinski definition) is 1. The van der Waals surface area contributed by atoms with Gasteiger partial charge < -0.3 is 14.8 Å². The lowest BCUT2D eigenvalue weighted by atomic mass is 9.93. The molecule has 0 bridgehead atoms. The van der Waals surface area contributed by atoms with Gasteiger partial charge >= 0.3 is 0 Å². The molecule has 0 spiro atoms. The molecule has 1 rings (SSSR count). The van der Waals surface area contributed by atoms with Gasteiger partial charge in [-0.15, -0.1) is 0 Å². The van der Waals surface area contributed by atoms with Crippen LogP contribution < -0.4 is 5.32 Å². The van der Waals surface area contributed by atoms with Crippen LogP contribution in [0, 0.1) is 6.92 Å². The summed E-state index contributed by atoms with van der Waals surface area (Å²) in [5, 5.41) is 3.48. The molecule has 0 aliphatic heterocycles. The number of ether oxygens (including phenoxy) is 2. The van der Waals surface area contributed by atoms with Gasteiger partial charge in [-0.25, -0.2) is 0 Å². The fourth-order valence-corrected chi connectivity index (χ4v) is 2.34. The van der Waals surface area contributed by atoms with E-state index in [4.69, 9.17) is 9.47 Å². The second kappa shape index (κ2) is 10.8. The Balaban J connectivity index is 2.49. The summed E-state index contributed by atoms with van der Waals surface area (Å²) in [5.41, 5.74) is 2.75. The van der Waals surface area contributed by atoms with Crippen LogP contribution in [0.5, 0.6) is 0 Å². The van der Waals surface area contributed by atoms with Crippen molar-refractivity contribution in [2.24, 2.45) is 0 Å². The summed E-state index contributed by atoms with van der Waals surface area (Å²) >= 11 is 0. The zero-order valence-corrected chi connectivity index (χ0v) is 13.2. The Hall–Kier alpha value is -0.900. The summed E-state index contributed by atoms with van der Waals surface area (Å²) in [6.07, 6.45) is 2.27. The van der Waals surface area contributed by atoms with Crippen molar-refractivity contribution in [3.8, 4) is 0 Å². The number of nitrogens with one attached hydrogen (secondary N) is 1. The van der Waals surface area contributed by atoms with Crippen molar-refractivity contribution in [2.45, 2.75) is 32.6 Å². The molecule has 0 aromatic heterocycles. The van der Waals surface area contributed by atoms with Gasteiger partial charge in [-0.1, -0.05) is 29.8 Å². The second-order valence-electron chi connectivity index (χ2n) is 5.15. The van der Waals surface area contributed by atoms with E-state index in [1.807, 2.05) is 6.92 Å². The first kappa shape index (κ1) is 17.2. The largest absolute Gasteiger partial charge is 0.383 e. The highest BCUT2D eigenvalue weighted by molar-refractivity contribution is 5.25. The van der Waals surface area contributed by atoms with Crippen molar-refractivity contribution in [3.05, 3.63) is 35.4 Å². The Bertz CT molecular complexity index is 343. The van der Waals surface area contributed by atoms with Crippen LogP contribution in [0.1, 0.15) is 36.8 Å². The highest BCUT2D eigenvalue weighted by Gasteiger charge is 2.11. The molecule has 1 atom stereocenters. The molecule has 0 saturated carbocycles. The minimum atomic E-state index is 0.548. The van der Waals surface area contributed by atoms with Crippen LogP contribution in [0.15, 0.2) is 24.3 Å². The topological polar surface area (TPSA) is 30.5 Å². The lowest BCUT2D eigenvalue weighted by Crippen LogP contribution is -2.25. The first-order valence-electron chi connectivity index (χ1n) is 7.62. The molecule has 1 aromatic rings. The molecule has 0 amide bonds. The highest BCUT2D eigenvalue weighted by Crippen LogP contribution is 2.21. The molecule has 0 fully saturated rings. The fraction of sp³-hybridized carbons (Fsp3) is 0.647. The Morgan fingerprint density at radius 1 is 1.25 bits per heavy atom. The lowest BCUT2D eigenvalue weighted by molar-refractivity contribution is 0.141. The molecule has 1 aromatic carbocycles. The molecule has 114 valence electrons. The first-order chi connectivity index (χ1) is 9.77. The van der Waals surface area contributed by atoms with Gasteiger partial charge in [0, 0.05) is 33.4 Å². The van der Waals surface area contributed by atoms with Gasteiger partial charge in [0.05, 0.1) is 6.61 Å². The molecule has 3 heteroatoms. The molecule has 0 aliphatic carbocycles. The first-order valence-corrected chi connectivity index (χ1v) is 7.62. The monoisotopic (exact) mass is 279 g/mol. The van der Waals surface area contributed by atoms with Crippen LogP contribution in [0.4, 0.5) is 0 Å². The van der Waals surface area contributed by atoms with Crippen molar-refractivity contribution in [1.82, 2.24) is 5.32 Å². The molecule has 0 saturated heterocycles. The van der Waals surface area contributed by atoms with Gasteiger partial charge in [-0.05, 0) is 38.2 Å². The van der Waals surface area contributed by atoms with Gasteiger partial charge in [0.1, 0.15) is 0 Å².